The maximum Gasteiger partial charge on any atom is 0.254 e. The number of carbonyl (C=O) groups is 2. The van der Waals surface area contributed by atoms with Gasteiger partial charge < -0.3 is 10.2 Å². The average Bonchev–Trinajstić information content (AvgIpc) is 3.37. The van der Waals surface area contributed by atoms with Crippen LogP contribution in [0.3, 0.4) is 0 Å². The Hall–Kier alpha value is -2.74. The summed E-state index contributed by atoms with van der Waals surface area (Å²) in [6, 6.07) is 6.07. The lowest BCUT2D eigenvalue weighted by molar-refractivity contribution is -0.126. The van der Waals surface area contributed by atoms with Gasteiger partial charge in [-0.05, 0) is 51.1 Å². The van der Waals surface area contributed by atoms with E-state index < -0.39 is 0 Å². The first kappa shape index (κ1) is 20.5. The van der Waals surface area contributed by atoms with Crippen LogP contribution in [0.1, 0.15) is 47.6 Å². The number of piperidine rings is 1. The first-order chi connectivity index (χ1) is 14.4. The Morgan fingerprint density at radius 2 is 2.07 bits per heavy atom. The summed E-state index contributed by atoms with van der Waals surface area (Å²) in [7, 11) is 0. The quantitative estimate of drug-likeness (QED) is 0.681. The topological polar surface area (TPSA) is 80.1 Å². The molecule has 0 aromatic carbocycles. The van der Waals surface area contributed by atoms with E-state index >= 15 is 0 Å². The number of nitrogens with one attached hydrogen (secondary N) is 1. The van der Waals surface area contributed by atoms with E-state index in [2.05, 4.69) is 21.5 Å². The third-order valence-electron chi connectivity index (χ3n) is 5.44. The minimum Gasteiger partial charge on any atom is -0.354 e. The number of aromatic nitrogens is 3. The van der Waals surface area contributed by atoms with E-state index in [0.717, 1.165) is 16.7 Å². The van der Waals surface area contributed by atoms with Crippen molar-refractivity contribution < 1.29 is 9.59 Å². The highest BCUT2D eigenvalue weighted by molar-refractivity contribution is 7.09. The van der Waals surface area contributed by atoms with Crippen molar-refractivity contribution in [3.05, 3.63) is 45.9 Å². The molecule has 1 fully saturated rings. The van der Waals surface area contributed by atoms with Gasteiger partial charge in [0.15, 0.2) is 5.65 Å². The van der Waals surface area contributed by atoms with Gasteiger partial charge in [-0.15, -0.1) is 11.3 Å². The monoisotopic (exact) mass is 425 g/mol. The van der Waals surface area contributed by atoms with Crippen molar-refractivity contribution in [2.75, 3.05) is 13.1 Å². The van der Waals surface area contributed by atoms with Crippen molar-refractivity contribution in [3.63, 3.8) is 0 Å². The number of fused-ring (bicyclic) bond motifs is 1. The molecule has 0 bridgehead atoms. The Morgan fingerprint density at radius 1 is 1.30 bits per heavy atom. The van der Waals surface area contributed by atoms with Gasteiger partial charge in [0.25, 0.3) is 5.91 Å². The predicted octanol–water partition coefficient (Wildman–Crippen LogP) is 3.23. The minimum atomic E-state index is -0.0239. The molecule has 3 aromatic heterocycles. The van der Waals surface area contributed by atoms with Crippen LogP contribution in [0.2, 0.25) is 0 Å². The molecule has 4 heterocycles. The first-order valence-electron chi connectivity index (χ1n) is 10.4. The van der Waals surface area contributed by atoms with Gasteiger partial charge in [-0.2, -0.15) is 5.10 Å². The van der Waals surface area contributed by atoms with Crippen LogP contribution in [0.4, 0.5) is 0 Å². The number of aryl methyl sites for hydroxylation is 1. The summed E-state index contributed by atoms with van der Waals surface area (Å²) in [6.07, 6.45) is 3.12. The number of likely N-dealkylation sites (tertiary alicyclic amines) is 1. The molecule has 0 aliphatic carbocycles. The molecule has 1 aliphatic heterocycles. The summed E-state index contributed by atoms with van der Waals surface area (Å²) in [6.45, 7) is 7.64. The predicted molar refractivity (Wildman–Crippen MR) is 118 cm³/mol. The van der Waals surface area contributed by atoms with Gasteiger partial charge in [0.05, 0.1) is 23.7 Å². The normalized spacial score (nSPS) is 15.1. The molecule has 2 amide bonds. The van der Waals surface area contributed by atoms with Gasteiger partial charge in [0.2, 0.25) is 5.91 Å². The Balaban J connectivity index is 1.52. The molecule has 4 rings (SSSR count). The molecule has 0 spiro atoms. The third kappa shape index (κ3) is 4.23. The van der Waals surface area contributed by atoms with E-state index in [4.69, 9.17) is 0 Å². The largest absolute Gasteiger partial charge is 0.354 e. The van der Waals surface area contributed by atoms with Crippen LogP contribution in [0.15, 0.2) is 29.8 Å². The second kappa shape index (κ2) is 8.55. The summed E-state index contributed by atoms with van der Waals surface area (Å²) < 4.78 is 1.85. The van der Waals surface area contributed by atoms with Crippen LogP contribution in [-0.4, -0.2) is 50.6 Å². The molecule has 0 radical (unpaired) electrons. The molecule has 30 heavy (non-hydrogen) atoms. The Bertz CT molecular complexity index is 1050. The fraction of sp³-hybridized carbons (Fsp3) is 0.455. The second-order valence-corrected chi connectivity index (χ2v) is 9.19. The Morgan fingerprint density at radius 3 is 2.73 bits per heavy atom. The van der Waals surface area contributed by atoms with Gasteiger partial charge in [-0.25, -0.2) is 9.67 Å². The van der Waals surface area contributed by atoms with Crippen molar-refractivity contribution in [2.24, 2.45) is 5.92 Å². The number of thiophene rings is 1. The first-order valence-corrected chi connectivity index (χ1v) is 11.3. The highest BCUT2D eigenvalue weighted by Crippen LogP contribution is 2.24. The summed E-state index contributed by atoms with van der Waals surface area (Å²) in [5.74, 6) is 0.0576. The maximum atomic E-state index is 13.3. The van der Waals surface area contributed by atoms with E-state index in [0.29, 0.717) is 38.0 Å². The van der Waals surface area contributed by atoms with E-state index in [1.54, 1.807) is 17.5 Å². The summed E-state index contributed by atoms with van der Waals surface area (Å²) >= 11 is 1.68. The number of carbonyl (C=O) groups excluding carboxylic acids is 2. The van der Waals surface area contributed by atoms with Gasteiger partial charge in [0, 0.05) is 35.6 Å². The Labute approximate surface area is 180 Å². The zero-order valence-electron chi connectivity index (χ0n) is 17.6. The van der Waals surface area contributed by atoms with Gasteiger partial charge >= 0.3 is 0 Å². The second-order valence-electron chi connectivity index (χ2n) is 8.16. The molecule has 7 nitrogen and oxygen atoms in total. The van der Waals surface area contributed by atoms with Crippen LogP contribution in [0.5, 0.6) is 0 Å². The summed E-state index contributed by atoms with van der Waals surface area (Å²) in [5, 5.41) is 10.3. The average molecular weight is 426 g/mol. The van der Waals surface area contributed by atoms with Crippen molar-refractivity contribution in [1.82, 2.24) is 25.0 Å². The number of pyridine rings is 1. The molecule has 0 unspecified atom stereocenters. The van der Waals surface area contributed by atoms with Crippen LogP contribution < -0.4 is 5.32 Å². The number of nitrogens with zero attached hydrogens (tertiary/aromatic N) is 4. The molecule has 0 atom stereocenters. The molecule has 158 valence electrons. The summed E-state index contributed by atoms with van der Waals surface area (Å²) in [5.41, 5.74) is 2.17. The number of rotatable bonds is 5. The number of hydrogen-bond acceptors (Lipinski definition) is 5. The zero-order valence-corrected chi connectivity index (χ0v) is 18.4. The van der Waals surface area contributed by atoms with Crippen LogP contribution in [-0.2, 0) is 11.3 Å². The highest BCUT2D eigenvalue weighted by Gasteiger charge is 2.29. The molecular formula is C22H27N5O2S. The van der Waals surface area contributed by atoms with Crippen LogP contribution in [0, 0.1) is 12.8 Å². The van der Waals surface area contributed by atoms with Crippen LogP contribution >= 0.6 is 11.3 Å². The lowest BCUT2D eigenvalue weighted by atomic mass is 9.95. The molecule has 1 aliphatic rings. The van der Waals surface area contributed by atoms with Crippen molar-refractivity contribution in [1.29, 1.82) is 0 Å². The molecule has 8 heteroatoms. The lowest BCUT2D eigenvalue weighted by Gasteiger charge is -2.32. The van der Waals surface area contributed by atoms with E-state index in [1.807, 2.05) is 47.9 Å². The van der Waals surface area contributed by atoms with E-state index in [-0.39, 0.29) is 23.8 Å². The molecule has 1 saturated heterocycles. The smallest absolute Gasteiger partial charge is 0.254 e. The van der Waals surface area contributed by atoms with Crippen LogP contribution in [0.25, 0.3) is 11.0 Å². The van der Waals surface area contributed by atoms with Crippen molar-refractivity contribution >= 4 is 34.2 Å². The molecule has 3 aromatic rings. The zero-order chi connectivity index (χ0) is 21.3. The van der Waals surface area contributed by atoms with E-state index in [9.17, 15) is 9.59 Å². The number of hydrogen-bond donors (Lipinski definition) is 1. The summed E-state index contributed by atoms with van der Waals surface area (Å²) in [4.78, 5) is 33.3. The van der Waals surface area contributed by atoms with Crippen molar-refractivity contribution in [2.45, 2.75) is 46.2 Å². The molecular weight excluding hydrogens is 398 g/mol. The Kier molecular flexibility index (Phi) is 5.85. The fourth-order valence-corrected chi connectivity index (χ4v) is 4.62. The highest BCUT2D eigenvalue weighted by atomic mass is 32.1. The number of amides is 2. The fourth-order valence-electron chi connectivity index (χ4n) is 3.93. The lowest BCUT2D eigenvalue weighted by Crippen LogP contribution is -2.44. The van der Waals surface area contributed by atoms with Crippen molar-refractivity contribution in [3.8, 4) is 0 Å². The SMILES string of the molecule is Cc1cc(C(=O)N2CCC(C(=O)NC(C)C)CC2)c2cnn(Cc3cccs3)c2n1. The molecule has 0 saturated carbocycles. The van der Waals surface area contributed by atoms with E-state index in [1.165, 1.54) is 4.88 Å². The molecule has 1 N–H and O–H groups in total. The standard InChI is InChI=1S/C22H27N5O2S/c1-14(2)24-21(28)16-6-8-26(9-7-16)22(29)18-11-15(3)25-20-19(18)12-23-27(20)13-17-5-4-10-30-17/h4-5,10-12,14,16H,6-9,13H2,1-3H3,(H,24,28). The third-order valence-corrected chi connectivity index (χ3v) is 6.30. The van der Waals surface area contributed by atoms with Gasteiger partial charge in [-0.3, -0.25) is 9.59 Å². The maximum absolute atomic E-state index is 13.3. The van der Waals surface area contributed by atoms with Gasteiger partial charge in [-0.1, -0.05) is 6.07 Å². The van der Waals surface area contributed by atoms with Gasteiger partial charge in [0.1, 0.15) is 0 Å². The minimum absolute atomic E-state index is 0.0103.